The molecule has 37 heavy (non-hydrogen) atoms. The van der Waals surface area contributed by atoms with Crippen molar-refractivity contribution in [1.29, 1.82) is 0 Å². The van der Waals surface area contributed by atoms with Crippen LogP contribution in [-0.4, -0.2) is 36.8 Å². The molecule has 2 amide bonds. The molecule has 0 saturated carbocycles. The normalized spacial score (nSPS) is 11.2. The zero-order valence-electron chi connectivity index (χ0n) is 21.8. The van der Waals surface area contributed by atoms with Gasteiger partial charge >= 0.3 is 24.1 Å². The van der Waals surface area contributed by atoms with Crippen molar-refractivity contribution in [2.45, 2.75) is 53.4 Å². The predicted molar refractivity (Wildman–Crippen MR) is 136 cm³/mol. The first kappa shape index (κ1) is 28.9. The van der Waals surface area contributed by atoms with Gasteiger partial charge in [0.15, 0.2) is 0 Å². The first-order valence-corrected chi connectivity index (χ1v) is 11.4. The van der Waals surface area contributed by atoms with Crippen LogP contribution in [-0.2, 0) is 41.8 Å². The standard InChI is InChI=1S/C27H32N2O8/c1-17-21(16-35-18(2)30)20(12-13-22(17)28-26(33)37-27(3,4)5)14-23(24(31)34-6)29-25(32)36-15-19-10-8-7-9-11-19/h7-14H,15-16H2,1-6H3,(H,28,33)(H,29,32)/b23-14+. The Morgan fingerprint density at radius 1 is 0.919 bits per heavy atom. The molecule has 0 heterocycles. The van der Waals surface area contributed by atoms with E-state index < -0.39 is 29.7 Å². The van der Waals surface area contributed by atoms with E-state index in [1.54, 1.807) is 52.0 Å². The van der Waals surface area contributed by atoms with Gasteiger partial charge in [0.2, 0.25) is 0 Å². The lowest BCUT2D eigenvalue weighted by atomic mass is 9.99. The third-order valence-electron chi connectivity index (χ3n) is 4.84. The number of hydrogen-bond donors (Lipinski definition) is 2. The summed E-state index contributed by atoms with van der Waals surface area (Å²) < 4.78 is 20.5. The van der Waals surface area contributed by atoms with E-state index in [0.29, 0.717) is 22.4 Å². The number of anilines is 1. The molecular weight excluding hydrogens is 480 g/mol. The highest BCUT2D eigenvalue weighted by Crippen LogP contribution is 2.26. The number of carbonyl (C=O) groups excluding carboxylic acids is 4. The molecule has 2 aromatic rings. The molecule has 10 heteroatoms. The van der Waals surface area contributed by atoms with E-state index in [1.807, 2.05) is 18.2 Å². The van der Waals surface area contributed by atoms with Crippen molar-refractivity contribution in [3.63, 3.8) is 0 Å². The number of rotatable bonds is 8. The van der Waals surface area contributed by atoms with Crippen molar-refractivity contribution in [2.24, 2.45) is 0 Å². The van der Waals surface area contributed by atoms with Crippen LogP contribution in [0.15, 0.2) is 48.2 Å². The predicted octanol–water partition coefficient (Wildman–Crippen LogP) is 4.85. The van der Waals surface area contributed by atoms with Gasteiger partial charge in [-0.3, -0.25) is 15.4 Å². The Hall–Kier alpha value is -4.34. The van der Waals surface area contributed by atoms with E-state index in [1.165, 1.54) is 20.1 Å². The van der Waals surface area contributed by atoms with Crippen LogP contribution < -0.4 is 10.6 Å². The molecule has 0 spiro atoms. The summed E-state index contributed by atoms with van der Waals surface area (Å²) in [6.07, 6.45) is -0.143. The van der Waals surface area contributed by atoms with Crippen LogP contribution in [0.4, 0.5) is 15.3 Å². The highest BCUT2D eigenvalue weighted by molar-refractivity contribution is 5.97. The molecular formula is C27H32N2O8. The third kappa shape index (κ3) is 9.67. The first-order chi connectivity index (χ1) is 17.4. The van der Waals surface area contributed by atoms with E-state index in [0.717, 1.165) is 5.56 Å². The molecule has 2 N–H and O–H groups in total. The fourth-order valence-electron chi connectivity index (χ4n) is 3.11. The van der Waals surface area contributed by atoms with E-state index in [9.17, 15) is 19.2 Å². The van der Waals surface area contributed by atoms with Gasteiger partial charge in [-0.1, -0.05) is 36.4 Å². The molecule has 2 rings (SSSR count). The number of hydrogen-bond acceptors (Lipinski definition) is 8. The maximum atomic E-state index is 12.4. The fraction of sp³-hybridized carbons (Fsp3) is 0.333. The lowest BCUT2D eigenvalue weighted by Crippen LogP contribution is -2.28. The molecule has 0 radical (unpaired) electrons. The molecule has 0 aliphatic rings. The Labute approximate surface area is 215 Å². The minimum Gasteiger partial charge on any atom is -0.464 e. The van der Waals surface area contributed by atoms with Crippen LogP contribution >= 0.6 is 0 Å². The Morgan fingerprint density at radius 2 is 1.59 bits per heavy atom. The molecule has 198 valence electrons. The number of amides is 2. The van der Waals surface area contributed by atoms with Gasteiger partial charge in [-0.25, -0.2) is 14.4 Å². The maximum Gasteiger partial charge on any atom is 0.412 e. The second-order valence-corrected chi connectivity index (χ2v) is 8.95. The van der Waals surface area contributed by atoms with Gasteiger partial charge < -0.3 is 18.9 Å². The maximum absolute atomic E-state index is 12.4. The fourth-order valence-corrected chi connectivity index (χ4v) is 3.11. The van der Waals surface area contributed by atoms with Crippen molar-refractivity contribution >= 4 is 35.9 Å². The summed E-state index contributed by atoms with van der Waals surface area (Å²) in [6.45, 7) is 8.05. The van der Waals surface area contributed by atoms with Crippen molar-refractivity contribution in [2.75, 3.05) is 12.4 Å². The van der Waals surface area contributed by atoms with Crippen LogP contribution in [0.1, 0.15) is 49.9 Å². The molecule has 2 aromatic carbocycles. The summed E-state index contributed by atoms with van der Waals surface area (Å²) in [6, 6.07) is 12.2. The number of esters is 2. The summed E-state index contributed by atoms with van der Waals surface area (Å²) >= 11 is 0. The van der Waals surface area contributed by atoms with E-state index in [2.05, 4.69) is 10.6 Å². The molecule has 10 nitrogen and oxygen atoms in total. The van der Waals surface area contributed by atoms with Crippen LogP contribution in [0.5, 0.6) is 0 Å². The highest BCUT2D eigenvalue weighted by Gasteiger charge is 2.20. The van der Waals surface area contributed by atoms with Crippen LogP contribution in [0.3, 0.4) is 0 Å². The summed E-state index contributed by atoms with van der Waals surface area (Å²) in [5, 5.41) is 5.07. The first-order valence-electron chi connectivity index (χ1n) is 11.4. The SMILES string of the molecule is COC(=O)/C(=C\c1ccc(NC(=O)OC(C)(C)C)c(C)c1COC(C)=O)NC(=O)OCc1ccccc1. The van der Waals surface area contributed by atoms with Crippen LogP contribution in [0.25, 0.3) is 6.08 Å². The Kier molecular flexibility index (Phi) is 10.2. The highest BCUT2D eigenvalue weighted by atomic mass is 16.6. The lowest BCUT2D eigenvalue weighted by Gasteiger charge is -2.21. The minimum absolute atomic E-state index is 0.00294. The average molecular weight is 513 g/mol. The van der Waals surface area contributed by atoms with E-state index in [4.69, 9.17) is 18.9 Å². The van der Waals surface area contributed by atoms with E-state index in [-0.39, 0.29) is 18.9 Å². The lowest BCUT2D eigenvalue weighted by molar-refractivity contribution is -0.142. The van der Waals surface area contributed by atoms with Crippen LogP contribution in [0, 0.1) is 6.92 Å². The Bertz CT molecular complexity index is 1170. The second kappa shape index (κ2) is 13.1. The number of benzene rings is 2. The molecule has 0 unspecified atom stereocenters. The summed E-state index contributed by atoms with van der Waals surface area (Å²) in [5.41, 5.74) is 1.80. The topological polar surface area (TPSA) is 129 Å². The number of ether oxygens (including phenoxy) is 4. The minimum atomic E-state index is -0.859. The zero-order valence-corrected chi connectivity index (χ0v) is 21.8. The van der Waals surface area contributed by atoms with Gasteiger partial charge in [0.1, 0.15) is 24.5 Å². The van der Waals surface area contributed by atoms with Crippen molar-refractivity contribution < 1.29 is 38.1 Å². The Morgan fingerprint density at radius 3 is 2.19 bits per heavy atom. The molecule has 0 saturated heterocycles. The summed E-state index contributed by atoms with van der Waals surface area (Å²) in [5.74, 6) is -1.33. The number of nitrogens with one attached hydrogen (secondary N) is 2. The van der Waals surface area contributed by atoms with Gasteiger partial charge in [-0.05, 0) is 56.5 Å². The molecule has 0 atom stereocenters. The quantitative estimate of drug-likeness (QED) is 0.292. The molecule has 0 aliphatic carbocycles. The Balaban J connectivity index is 2.35. The number of methoxy groups -OCH3 is 1. The van der Waals surface area contributed by atoms with Gasteiger partial charge in [0.25, 0.3) is 0 Å². The second-order valence-electron chi connectivity index (χ2n) is 8.95. The van der Waals surface area contributed by atoms with Crippen molar-refractivity contribution in [1.82, 2.24) is 5.32 Å². The summed E-state index contributed by atoms with van der Waals surface area (Å²) in [4.78, 5) is 48.6. The van der Waals surface area contributed by atoms with E-state index >= 15 is 0 Å². The largest absolute Gasteiger partial charge is 0.464 e. The number of alkyl carbamates (subject to hydrolysis) is 1. The number of carbonyl (C=O) groups is 4. The van der Waals surface area contributed by atoms with Gasteiger partial charge in [-0.2, -0.15) is 0 Å². The third-order valence-corrected chi connectivity index (χ3v) is 4.84. The average Bonchev–Trinajstić information content (AvgIpc) is 2.82. The van der Waals surface area contributed by atoms with Crippen molar-refractivity contribution in [3.8, 4) is 0 Å². The van der Waals surface area contributed by atoms with Gasteiger partial charge in [0, 0.05) is 18.2 Å². The molecule has 0 aliphatic heterocycles. The van der Waals surface area contributed by atoms with Crippen molar-refractivity contribution in [3.05, 3.63) is 70.4 Å². The smallest absolute Gasteiger partial charge is 0.412 e. The van der Waals surface area contributed by atoms with Gasteiger partial charge in [-0.15, -0.1) is 0 Å². The van der Waals surface area contributed by atoms with Crippen LogP contribution in [0.2, 0.25) is 0 Å². The molecule has 0 aromatic heterocycles. The monoisotopic (exact) mass is 512 g/mol. The molecule has 0 bridgehead atoms. The zero-order chi connectivity index (χ0) is 27.6. The summed E-state index contributed by atoms with van der Waals surface area (Å²) in [7, 11) is 1.17. The molecule has 0 fully saturated rings. The van der Waals surface area contributed by atoms with Gasteiger partial charge in [0.05, 0.1) is 7.11 Å².